The number of aromatic nitrogens is 5. The van der Waals surface area contributed by atoms with Gasteiger partial charge in [0.25, 0.3) is 11.5 Å². The number of azo groups is 1. The Morgan fingerprint density at radius 3 is 2.50 bits per heavy atom. The monoisotopic (exact) mass is 547 g/mol. The average molecular weight is 548 g/mol. The molecule has 0 atom stereocenters. The summed E-state index contributed by atoms with van der Waals surface area (Å²) in [6.07, 6.45) is 3.94. The smallest absolute Gasteiger partial charge is 0.332 e. The second-order valence-corrected chi connectivity index (χ2v) is 9.22. The van der Waals surface area contributed by atoms with Crippen LogP contribution in [0.3, 0.4) is 0 Å². The van der Waals surface area contributed by atoms with Gasteiger partial charge in [-0.15, -0.1) is 10.2 Å². The van der Waals surface area contributed by atoms with Crippen LogP contribution in [0.4, 0.5) is 11.6 Å². The molecule has 2 aromatic carbocycles. The second kappa shape index (κ2) is 9.08. The number of benzene rings is 2. The van der Waals surface area contributed by atoms with Gasteiger partial charge in [-0.05, 0) is 23.8 Å². The molecule has 0 bridgehead atoms. The summed E-state index contributed by atoms with van der Waals surface area (Å²) in [6.45, 7) is 0.415. The highest BCUT2D eigenvalue weighted by atomic mass is 79.9. The van der Waals surface area contributed by atoms with Crippen LogP contribution in [-0.4, -0.2) is 28.4 Å². The van der Waals surface area contributed by atoms with Crippen molar-refractivity contribution < 1.29 is 5.11 Å². The fraction of sp³-hybridized carbons (Fsp3) is 0.160. The number of halogens is 1. The molecule has 0 amide bonds. The van der Waals surface area contributed by atoms with Crippen molar-refractivity contribution in [3.8, 4) is 5.88 Å². The normalized spacial score (nSPS) is 12.1. The number of rotatable bonds is 5. The lowest BCUT2D eigenvalue weighted by atomic mass is 10.2. The summed E-state index contributed by atoms with van der Waals surface area (Å²) in [5.74, 6) is 0.0780. The van der Waals surface area contributed by atoms with E-state index in [9.17, 15) is 14.7 Å². The number of hydrogen-bond donors (Lipinski definition) is 1. The van der Waals surface area contributed by atoms with Crippen molar-refractivity contribution in [1.29, 1.82) is 0 Å². The minimum Gasteiger partial charge on any atom is -0.493 e. The van der Waals surface area contributed by atoms with Crippen LogP contribution >= 0.6 is 15.9 Å². The van der Waals surface area contributed by atoms with Gasteiger partial charge in [-0.2, -0.15) is 4.98 Å². The van der Waals surface area contributed by atoms with E-state index < -0.39 is 11.2 Å². The minimum absolute atomic E-state index is 0.0494. The summed E-state index contributed by atoms with van der Waals surface area (Å²) in [5, 5.41) is 20.3. The number of imidazole rings is 1. The third kappa shape index (κ3) is 3.87. The van der Waals surface area contributed by atoms with Crippen LogP contribution in [0, 0.1) is 0 Å². The summed E-state index contributed by atoms with van der Waals surface area (Å²) in [7, 11) is 4.58. The molecule has 0 saturated heterocycles. The van der Waals surface area contributed by atoms with Gasteiger partial charge < -0.3 is 14.2 Å². The van der Waals surface area contributed by atoms with E-state index >= 15 is 0 Å². The fourth-order valence-electron chi connectivity index (χ4n) is 4.13. The molecule has 0 aliphatic heterocycles. The van der Waals surface area contributed by atoms with Gasteiger partial charge in [-0.25, -0.2) is 4.79 Å². The maximum atomic E-state index is 12.6. The lowest BCUT2D eigenvalue weighted by Gasteiger charge is -2.03. The Morgan fingerprint density at radius 1 is 1.00 bits per heavy atom. The van der Waals surface area contributed by atoms with Crippen LogP contribution in [0.2, 0.25) is 0 Å². The first kappa shape index (κ1) is 23.5. The van der Waals surface area contributed by atoms with Gasteiger partial charge in [0.05, 0.1) is 5.52 Å². The quantitative estimate of drug-likeness (QED) is 0.326. The van der Waals surface area contributed by atoms with Crippen molar-refractivity contribution in [3.63, 3.8) is 0 Å². The SMILES string of the molecule is Cn1c(=O)c2c(nc(N=Nc3c(O)n(CC=Cc4ccccc4)c4ccc(Br)cc34)n2C)n(C)c1=O. The molecule has 0 aliphatic carbocycles. The Balaban J connectivity index is 1.59. The number of hydrogen-bond acceptors (Lipinski definition) is 6. The second-order valence-electron chi connectivity index (χ2n) is 8.31. The van der Waals surface area contributed by atoms with Crippen molar-refractivity contribution in [2.24, 2.45) is 31.4 Å². The van der Waals surface area contributed by atoms with Crippen LogP contribution in [-0.2, 0) is 27.7 Å². The molecule has 5 aromatic rings. The summed E-state index contributed by atoms with van der Waals surface area (Å²) in [4.78, 5) is 29.3. The predicted molar refractivity (Wildman–Crippen MR) is 142 cm³/mol. The Labute approximate surface area is 213 Å². The minimum atomic E-state index is -0.483. The standard InChI is InChI=1S/C25H22BrN7O3/c1-30-20-21(31(2)25(36)32(3)23(20)35)27-24(30)29-28-19-17-14-16(26)11-12-18(17)33(22(19)34)13-7-10-15-8-5-4-6-9-15/h4-12,14,34H,13H2,1-3H3. The van der Waals surface area contributed by atoms with Crippen LogP contribution in [0.5, 0.6) is 5.88 Å². The van der Waals surface area contributed by atoms with Gasteiger partial charge in [-0.1, -0.05) is 58.4 Å². The van der Waals surface area contributed by atoms with Gasteiger partial charge in [0.15, 0.2) is 16.9 Å². The molecular formula is C25H22BrN7O3. The molecule has 0 unspecified atom stereocenters. The highest BCUT2D eigenvalue weighted by molar-refractivity contribution is 9.10. The maximum Gasteiger partial charge on any atom is 0.332 e. The third-order valence-corrected chi connectivity index (χ3v) is 6.55. The lowest BCUT2D eigenvalue weighted by molar-refractivity contribution is 0.431. The van der Waals surface area contributed by atoms with E-state index in [0.29, 0.717) is 11.9 Å². The van der Waals surface area contributed by atoms with E-state index in [4.69, 9.17) is 0 Å². The van der Waals surface area contributed by atoms with Crippen LogP contribution in [0.25, 0.3) is 28.1 Å². The number of aryl methyl sites for hydroxylation is 2. The molecule has 5 rings (SSSR count). The summed E-state index contributed by atoms with van der Waals surface area (Å²) in [5.41, 5.74) is 1.59. The van der Waals surface area contributed by atoms with Gasteiger partial charge >= 0.3 is 5.69 Å². The van der Waals surface area contributed by atoms with Crippen LogP contribution in [0.15, 0.2) is 78.9 Å². The third-order valence-electron chi connectivity index (χ3n) is 6.06. The van der Waals surface area contributed by atoms with Crippen LogP contribution in [0.1, 0.15) is 5.56 Å². The predicted octanol–water partition coefficient (Wildman–Crippen LogP) is 4.52. The summed E-state index contributed by atoms with van der Waals surface area (Å²) >= 11 is 3.48. The molecule has 11 heteroatoms. The molecule has 10 nitrogen and oxygen atoms in total. The van der Waals surface area contributed by atoms with Crippen molar-refractivity contribution in [2.45, 2.75) is 6.54 Å². The first-order valence-electron chi connectivity index (χ1n) is 11.0. The molecule has 36 heavy (non-hydrogen) atoms. The molecule has 182 valence electrons. The molecule has 0 aliphatic rings. The molecule has 0 fully saturated rings. The van der Waals surface area contributed by atoms with E-state index in [2.05, 4.69) is 31.1 Å². The molecule has 1 N–H and O–H groups in total. The first-order chi connectivity index (χ1) is 17.3. The lowest BCUT2D eigenvalue weighted by Crippen LogP contribution is -2.37. The van der Waals surface area contributed by atoms with E-state index in [0.717, 1.165) is 20.1 Å². The van der Waals surface area contributed by atoms with Gasteiger partial charge in [0.1, 0.15) is 0 Å². The summed E-state index contributed by atoms with van der Waals surface area (Å²) < 4.78 is 6.35. The topological polar surface area (TPSA) is 112 Å². The van der Waals surface area contributed by atoms with Crippen molar-refractivity contribution in [1.82, 2.24) is 23.3 Å². The Bertz CT molecular complexity index is 1810. The molecule has 0 radical (unpaired) electrons. The highest BCUT2D eigenvalue weighted by Gasteiger charge is 2.19. The largest absolute Gasteiger partial charge is 0.493 e. The number of fused-ring (bicyclic) bond motifs is 2. The highest BCUT2D eigenvalue weighted by Crippen LogP contribution is 2.40. The number of allylic oxidation sites excluding steroid dienone is 1. The zero-order valence-corrected chi connectivity index (χ0v) is 21.3. The fourth-order valence-corrected chi connectivity index (χ4v) is 4.49. The number of nitrogens with zero attached hydrogens (tertiary/aromatic N) is 7. The van der Waals surface area contributed by atoms with Gasteiger partial charge in [-0.3, -0.25) is 13.9 Å². The maximum absolute atomic E-state index is 12.6. The van der Waals surface area contributed by atoms with Gasteiger partial charge in [0.2, 0.25) is 5.88 Å². The van der Waals surface area contributed by atoms with E-state index in [1.165, 1.54) is 23.2 Å². The Hall–Kier alpha value is -4.25. The molecule has 0 saturated carbocycles. The van der Waals surface area contributed by atoms with E-state index in [-0.39, 0.29) is 28.7 Å². The zero-order valence-electron chi connectivity index (χ0n) is 19.8. The summed E-state index contributed by atoms with van der Waals surface area (Å²) in [6, 6.07) is 15.5. The van der Waals surface area contributed by atoms with E-state index in [1.807, 2.05) is 60.7 Å². The Morgan fingerprint density at radius 2 is 1.75 bits per heavy atom. The molecular weight excluding hydrogens is 526 g/mol. The first-order valence-corrected chi connectivity index (χ1v) is 11.8. The zero-order chi connectivity index (χ0) is 25.6. The average Bonchev–Trinajstić information content (AvgIpc) is 3.34. The van der Waals surface area contributed by atoms with Gasteiger partial charge in [0, 0.05) is 37.5 Å². The van der Waals surface area contributed by atoms with Crippen molar-refractivity contribution in [3.05, 3.63) is 85.5 Å². The molecule has 3 heterocycles. The molecule has 0 spiro atoms. The number of aromatic hydroxyl groups is 1. The molecule has 3 aromatic heterocycles. The van der Waals surface area contributed by atoms with E-state index in [1.54, 1.807) is 11.6 Å². The van der Waals surface area contributed by atoms with Crippen molar-refractivity contribution in [2.75, 3.05) is 0 Å². The Kier molecular flexibility index (Phi) is 5.92. The van der Waals surface area contributed by atoms with Crippen molar-refractivity contribution >= 4 is 55.7 Å². The van der Waals surface area contributed by atoms with Crippen LogP contribution < -0.4 is 11.2 Å².